The van der Waals surface area contributed by atoms with Gasteiger partial charge in [0.15, 0.2) is 0 Å². The van der Waals surface area contributed by atoms with Gasteiger partial charge < -0.3 is 9.84 Å². The summed E-state index contributed by atoms with van der Waals surface area (Å²) in [7, 11) is -1.24. The molecule has 1 atom stereocenters. The lowest BCUT2D eigenvalue weighted by atomic mass is 10.1. The molecular weight excluding hydrogens is 264 g/mol. The summed E-state index contributed by atoms with van der Waals surface area (Å²) >= 11 is 0. The number of ether oxygens (including phenoxy) is 1. The third kappa shape index (κ3) is 5.12. The average molecular weight is 284 g/mol. The number of rotatable bonds is 5. The van der Waals surface area contributed by atoms with Gasteiger partial charge in [-0.25, -0.2) is 4.79 Å². The third-order valence-electron chi connectivity index (χ3n) is 2.51. The highest BCUT2D eigenvalue weighted by Gasteiger charge is 2.13. The van der Waals surface area contributed by atoms with Crippen molar-refractivity contribution in [1.29, 1.82) is 0 Å². The third-order valence-corrected chi connectivity index (χ3v) is 3.82. The maximum atomic E-state index is 12.1. The standard InChI is InChI=1S/C14H20O4S/c1-10-5-6-11(9-12(10)13(15)16)19(17)8-7-18-14(2,3)4/h5-6,9H,7-8H2,1-4H3,(H,15,16). The Hall–Kier alpha value is -1.20. The number of aromatic carboxylic acids is 1. The summed E-state index contributed by atoms with van der Waals surface area (Å²) in [5, 5.41) is 9.03. The molecular formula is C14H20O4S. The van der Waals surface area contributed by atoms with Gasteiger partial charge in [0.05, 0.1) is 34.3 Å². The van der Waals surface area contributed by atoms with E-state index in [1.54, 1.807) is 19.1 Å². The molecule has 0 saturated carbocycles. The number of benzene rings is 1. The Bertz CT molecular complexity index is 489. The molecule has 0 amide bonds. The molecule has 0 bridgehead atoms. The zero-order chi connectivity index (χ0) is 14.6. The van der Waals surface area contributed by atoms with Crippen LogP contribution in [0.3, 0.4) is 0 Å². The molecule has 1 aromatic rings. The predicted octanol–water partition coefficient (Wildman–Crippen LogP) is 2.62. The van der Waals surface area contributed by atoms with Gasteiger partial charge in [0, 0.05) is 4.90 Å². The van der Waals surface area contributed by atoms with E-state index in [-0.39, 0.29) is 11.2 Å². The molecule has 1 rings (SSSR count). The summed E-state index contributed by atoms with van der Waals surface area (Å²) in [5.41, 5.74) is 0.603. The van der Waals surface area contributed by atoms with Gasteiger partial charge in [-0.05, 0) is 45.4 Å². The number of aryl methyl sites for hydroxylation is 1. The highest BCUT2D eigenvalue weighted by molar-refractivity contribution is 7.85. The van der Waals surface area contributed by atoms with Crippen LogP contribution < -0.4 is 0 Å². The van der Waals surface area contributed by atoms with Crippen molar-refractivity contribution in [2.75, 3.05) is 12.4 Å². The van der Waals surface area contributed by atoms with E-state index in [0.717, 1.165) is 0 Å². The molecule has 0 heterocycles. The fourth-order valence-corrected chi connectivity index (χ4v) is 2.45. The van der Waals surface area contributed by atoms with Crippen LogP contribution in [0.1, 0.15) is 36.7 Å². The second-order valence-corrected chi connectivity index (χ2v) is 6.86. The summed E-state index contributed by atoms with van der Waals surface area (Å²) < 4.78 is 17.6. The molecule has 19 heavy (non-hydrogen) atoms. The zero-order valence-corrected chi connectivity index (χ0v) is 12.5. The fourth-order valence-electron chi connectivity index (χ4n) is 1.51. The maximum Gasteiger partial charge on any atom is 0.335 e. The van der Waals surface area contributed by atoms with Crippen LogP contribution in [0.25, 0.3) is 0 Å². The Morgan fingerprint density at radius 1 is 1.37 bits per heavy atom. The van der Waals surface area contributed by atoms with Gasteiger partial charge in [-0.2, -0.15) is 0 Å². The van der Waals surface area contributed by atoms with E-state index < -0.39 is 16.8 Å². The SMILES string of the molecule is Cc1ccc(S(=O)CCOC(C)(C)C)cc1C(=O)O. The van der Waals surface area contributed by atoms with Crippen LogP contribution in [-0.4, -0.2) is 33.2 Å². The minimum atomic E-state index is -1.24. The van der Waals surface area contributed by atoms with Crippen molar-refractivity contribution in [3.05, 3.63) is 29.3 Å². The van der Waals surface area contributed by atoms with Gasteiger partial charge in [-0.3, -0.25) is 4.21 Å². The van der Waals surface area contributed by atoms with E-state index in [1.807, 2.05) is 20.8 Å². The van der Waals surface area contributed by atoms with Crippen LogP contribution in [-0.2, 0) is 15.5 Å². The van der Waals surface area contributed by atoms with E-state index in [0.29, 0.717) is 22.8 Å². The first-order valence-electron chi connectivity index (χ1n) is 6.07. The molecule has 1 unspecified atom stereocenters. The zero-order valence-electron chi connectivity index (χ0n) is 11.7. The van der Waals surface area contributed by atoms with Crippen LogP contribution in [0.2, 0.25) is 0 Å². The van der Waals surface area contributed by atoms with Crippen molar-refractivity contribution in [3.8, 4) is 0 Å². The van der Waals surface area contributed by atoms with Crippen molar-refractivity contribution in [3.63, 3.8) is 0 Å². The summed E-state index contributed by atoms with van der Waals surface area (Å²) in [6.07, 6.45) is 0. The second-order valence-electron chi connectivity index (χ2n) is 5.29. The van der Waals surface area contributed by atoms with Gasteiger partial charge in [0.1, 0.15) is 0 Å². The largest absolute Gasteiger partial charge is 0.478 e. The molecule has 0 radical (unpaired) electrons. The minimum Gasteiger partial charge on any atom is -0.478 e. The quantitative estimate of drug-likeness (QED) is 0.902. The molecule has 0 aliphatic carbocycles. The van der Waals surface area contributed by atoms with E-state index in [2.05, 4.69) is 0 Å². The monoisotopic (exact) mass is 284 g/mol. The van der Waals surface area contributed by atoms with Gasteiger partial charge in [0.2, 0.25) is 0 Å². The topological polar surface area (TPSA) is 63.6 Å². The number of hydrogen-bond donors (Lipinski definition) is 1. The fraction of sp³-hybridized carbons (Fsp3) is 0.500. The molecule has 1 N–H and O–H groups in total. The van der Waals surface area contributed by atoms with Crippen molar-refractivity contribution < 1.29 is 18.8 Å². The van der Waals surface area contributed by atoms with E-state index >= 15 is 0 Å². The van der Waals surface area contributed by atoms with E-state index in [4.69, 9.17) is 9.84 Å². The van der Waals surface area contributed by atoms with E-state index in [9.17, 15) is 9.00 Å². The van der Waals surface area contributed by atoms with Crippen LogP contribution in [0, 0.1) is 6.92 Å². The lowest BCUT2D eigenvalue weighted by Gasteiger charge is -2.19. The summed E-state index contributed by atoms with van der Waals surface area (Å²) in [6, 6.07) is 4.86. The molecule has 1 aromatic carbocycles. The predicted molar refractivity (Wildman–Crippen MR) is 75.1 cm³/mol. The van der Waals surface area contributed by atoms with Crippen molar-refractivity contribution in [2.24, 2.45) is 0 Å². The first kappa shape index (κ1) is 15.9. The van der Waals surface area contributed by atoms with Crippen molar-refractivity contribution >= 4 is 16.8 Å². The maximum absolute atomic E-state index is 12.1. The summed E-state index contributed by atoms with van der Waals surface area (Å²) in [6.45, 7) is 7.91. The first-order chi connectivity index (χ1) is 8.70. The lowest BCUT2D eigenvalue weighted by molar-refractivity contribution is 0.00668. The second kappa shape index (κ2) is 6.30. The Balaban J connectivity index is 2.73. The number of hydrogen-bond acceptors (Lipinski definition) is 3. The molecule has 0 aromatic heterocycles. The van der Waals surface area contributed by atoms with Crippen LogP contribution >= 0.6 is 0 Å². The lowest BCUT2D eigenvalue weighted by Crippen LogP contribution is -2.22. The normalized spacial score (nSPS) is 13.3. The van der Waals surface area contributed by atoms with Crippen LogP contribution in [0.4, 0.5) is 0 Å². The summed E-state index contributed by atoms with van der Waals surface area (Å²) in [4.78, 5) is 11.5. The van der Waals surface area contributed by atoms with Gasteiger partial charge >= 0.3 is 5.97 Å². The minimum absolute atomic E-state index is 0.197. The van der Waals surface area contributed by atoms with Gasteiger partial charge in [-0.15, -0.1) is 0 Å². The Labute approximate surface area is 116 Å². The van der Waals surface area contributed by atoms with Gasteiger partial charge in [-0.1, -0.05) is 6.07 Å². The highest BCUT2D eigenvalue weighted by Crippen LogP contribution is 2.15. The first-order valence-corrected chi connectivity index (χ1v) is 7.39. The Kier molecular flexibility index (Phi) is 5.26. The number of carboxylic acids is 1. The highest BCUT2D eigenvalue weighted by atomic mass is 32.2. The molecule has 106 valence electrons. The molecule has 0 aliphatic rings. The average Bonchev–Trinajstić information content (AvgIpc) is 2.27. The van der Waals surface area contributed by atoms with Crippen LogP contribution in [0.15, 0.2) is 23.1 Å². The van der Waals surface area contributed by atoms with E-state index in [1.165, 1.54) is 6.07 Å². The Morgan fingerprint density at radius 3 is 2.53 bits per heavy atom. The number of carbonyl (C=O) groups is 1. The van der Waals surface area contributed by atoms with Crippen molar-refractivity contribution in [1.82, 2.24) is 0 Å². The molecule has 0 fully saturated rings. The number of carboxylic acid groups (broad SMARTS) is 1. The van der Waals surface area contributed by atoms with Crippen LogP contribution in [0.5, 0.6) is 0 Å². The summed E-state index contributed by atoms with van der Waals surface area (Å²) in [5.74, 6) is -0.637. The molecule has 0 aliphatic heterocycles. The Morgan fingerprint density at radius 2 is 2.00 bits per heavy atom. The smallest absolute Gasteiger partial charge is 0.335 e. The van der Waals surface area contributed by atoms with Gasteiger partial charge in [0.25, 0.3) is 0 Å². The molecule has 0 spiro atoms. The molecule has 4 nitrogen and oxygen atoms in total. The molecule has 0 saturated heterocycles. The van der Waals surface area contributed by atoms with Crippen molar-refractivity contribution in [2.45, 2.75) is 38.2 Å². The molecule has 5 heteroatoms.